The molecule has 3 aliphatic rings. The van der Waals surface area contributed by atoms with E-state index in [9.17, 15) is 9.59 Å². The van der Waals surface area contributed by atoms with Crippen molar-refractivity contribution in [2.24, 2.45) is 23.7 Å². The van der Waals surface area contributed by atoms with E-state index >= 15 is 0 Å². The Bertz CT molecular complexity index is 922. The van der Waals surface area contributed by atoms with E-state index in [1.165, 1.54) is 4.90 Å². The third-order valence-corrected chi connectivity index (χ3v) is 6.29. The highest BCUT2D eigenvalue weighted by atomic mass is 35.5. The largest absolute Gasteiger partial charge is 0.489 e. The molecule has 4 atom stereocenters. The van der Waals surface area contributed by atoms with Crippen molar-refractivity contribution >= 4 is 29.1 Å². The number of nitrogens with zero attached hydrogens (tertiary/aromatic N) is 1. The average molecular weight is 380 g/mol. The molecule has 136 valence electrons. The predicted octanol–water partition coefficient (Wildman–Crippen LogP) is 4.23. The highest BCUT2D eigenvalue weighted by Gasteiger charge is 2.59. The standard InChI is InChI=1S/C22H18ClNO3/c23-18-4-2-1-3-15(18)12-27-17-9-7-16(8-10-17)24-21(25)19-13-5-6-14(11-13)20(19)22(24)26/h1-10,13-14,19-20H,11-12H2/t13-,14+,19-,20-/m0/s1. The number of carbonyl (C=O) groups excluding carboxylic acids is 2. The number of imide groups is 1. The second kappa shape index (κ2) is 6.24. The molecule has 1 saturated carbocycles. The lowest BCUT2D eigenvalue weighted by atomic mass is 9.85. The molecule has 0 aromatic heterocycles. The van der Waals surface area contributed by atoms with Gasteiger partial charge in [-0.25, -0.2) is 0 Å². The molecule has 2 aromatic rings. The SMILES string of the molecule is O=C1[C@@H]2[C@@H](C(=O)N1c1ccc(OCc3ccccc3Cl)cc1)[C@H]1C=C[C@@H]2C1. The zero-order valence-electron chi connectivity index (χ0n) is 14.5. The molecule has 0 N–H and O–H groups in total. The summed E-state index contributed by atoms with van der Waals surface area (Å²) in [7, 11) is 0. The Morgan fingerprint density at radius 1 is 0.926 bits per heavy atom. The number of fused-ring (bicyclic) bond motifs is 5. The van der Waals surface area contributed by atoms with Crippen molar-refractivity contribution in [3.8, 4) is 5.75 Å². The monoisotopic (exact) mass is 379 g/mol. The van der Waals surface area contributed by atoms with Crippen LogP contribution in [0.5, 0.6) is 5.75 Å². The minimum atomic E-state index is -0.177. The van der Waals surface area contributed by atoms with Gasteiger partial charge in [0, 0.05) is 10.6 Å². The minimum absolute atomic E-state index is 0.0633. The zero-order valence-corrected chi connectivity index (χ0v) is 15.3. The summed E-state index contributed by atoms with van der Waals surface area (Å²) in [5.74, 6) is 0.629. The van der Waals surface area contributed by atoms with Gasteiger partial charge in [-0.1, -0.05) is 42.0 Å². The molecule has 0 radical (unpaired) electrons. The van der Waals surface area contributed by atoms with Crippen molar-refractivity contribution < 1.29 is 14.3 Å². The molecule has 0 unspecified atom stereocenters. The normalized spacial score (nSPS) is 28.1. The van der Waals surface area contributed by atoms with E-state index in [4.69, 9.17) is 16.3 Å². The molecule has 27 heavy (non-hydrogen) atoms. The smallest absolute Gasteiger partial charge is 0.238 e. The number of ether oxygens (including phenoxy) is 1. The van der Waals surface area contributed by atoms with Crippen LogP contribution >= 0.6 is 11.6 Å². The first-order valence-corrected chi connectivity index (χ1v) is 9.53. The van der Waals surface area contributed by atoms with Gasteiger partial charge >= 0.3 is 0 Å². The van der Waals surface area contributed by atoms with E-state index in [2.05, 4.69) is 12.2 Å². The fourth-order valence-corrected chi connectivity index (χ4v) is 4.82. The van der Waals surface area contributed by atoms with Gasteiger partial charge in [0.25, 0.3) is 0 Å². The van der Waals surface area contributed by atoms with Crippen LogP contribution in [0.25, 0.3) is 0 Å². The predicted molar refractivity (Wildman–Crippen MR) is 102 cm³/mol. The number of benzene rings is 2. The van der Waals surface area contributed by atoms with Crippen LogP contribution in [0, 0.1) is 23.7 Å². The number of hydrogen-bond donors (Lipinski definition) is 0. The van der Waals surface area contributed by atoms with Crippen molar-refractivity contribution in [2.45, 2.75) is 13.0 Å². The van der Waals surface area contributed by atoms with Crippen molar-refractivity contribution in [3.05, 3.63) is 71.3 Å². The molecule has 0 spiro atoms. The quantitative estimate of drug-likeness (QED) is 0.590. The Morgan fingerprint density at radius 3 is 2.19 bits per heavy atom. The first-order valence-electron chi connectivity index (χ1n) is 9.16. The van der Waals surface area contributed by atoms with Crippen LogP contribution in [0.2, 0.25) is 5.02 Å². The summed E-state index contributed by atoms with van der Waals surface area (Å²) in [6, 6.07) is 14.6. The molecular formula is C22H18ClNO3. The lowest BCUT2D eigenvalue weighted by Crippen LogP contribution is -2.32. The third kappa shape index (κ3) is 2.59. The first kappa shape index (κ1) is 16.6. The number of carbonyl (C=O) groups is 2. The topological polar surface area (TPSA) is 46.6 Å². The zero-order chi connectivity index (χ0) is 18.5. The number of rotatable bonds is 4. The van der Waals surface area contributed by atoms with Crippen LogP contribution in [-0.2, 0) is 16.2 Å². The maximum absolute atomic E-state index is 12.8. The van der Waals surface area contributed by atoms with Gasteiger partial charge in [0.2, 0.25) is 11.8 Å². The molecule has 2 amide bonds. The summed E-state index contributed by atoms with van der Waals surface area (Å²) in [6.45, 7) is 0.361. The average Bonchev–Trinajstić information content (AvgIpc) is 3.36. The molecule has 5 rings (SSSR count). The summed E-state index contributed by atoms with van der Waals surface area (Å²) in [5.41, 5.74) is 1.52. The van der Waals surface area contributed by atoms with Crippen LogP contribution in [0.15, 0.2) is 60.7 Å². The Kier molecular flexibility index (Phi) is 3.83. The van der Waals surface area contributed by atoms with Crippen molar-refractivity contribution in [3.63, 3.8) is 0 Å². The molecule has 2 aliphatic carbocycles. The van der Waals surface area contributed by atoms with Crippen LogP contribution in [-0.4, -0.2) is 11.8 Å². The molecule has 1 heterocycles. The van der Waals surface area contributed by atoms with Crippen LogP contribution < -0.4 is 9.64 Å². The fourth-order valence-electron chi connectivity index (χ4n) is 4.62. The van der Waals surface area contributed by atoms with Crippen LogP contribution in [0.1, 0.15) is 12.0 Å². The van der Waals surface area contributed by atoms with Crippen molar-refractivity contribution in [1.82, 2.24) is 0 Å². The second-order valence-corrected chi connectivity index (χ2v) is 7.79. The molecule has 4 nitrogen and oxygen atoms in total. The summed E-state index contributed by atoms with van der Waals surface area (Å²) >= 11 is 6.14. The molecular weight excluding hydrogens is 362 g/mol. The van der Waals surface area contributed by atoms with Gasteiger partial charge in [0.1, 0.15) is 12.4 Å². The van der Waals surface area contributed by atoms with Crippen molar-refractivity contribution in [1.29, 1.82) is 0 Å². The van der Waals surface area contributed by atoms with Gasteiger partial charge in [-0.2, -0.15) is 0 Å². The molecule has 2 bridgehead atoms. The summed E-state index contributed by atoms with van der Waals surface area (Å²) in [4.78, 5) is 27.1. The summed E-state index contributed by atoms with van der Waals surface area (Å²) in [5, 5.41) is 0.664. The molecule has 2 fully saturated rings. The minimum Gasteiger partial charge on any atom is -0.489 e. The van der Waals surface area contributed by atoms with E-state index < -0.39 is 0 Å². The van der Waals surface area contributed by atoms with Gasteiger partial charge in [0.15, 0.2) is 0 Å². The number of halogens is 1. The van der Waals surface area contributed by atoms with E-state index in [0.717, 1.165) is 12.0 Å². The van der Waals surface area contributed by atoms with Crippen LogP contribution in [0.3, 0.4) is 0 Å². The highest BCUT2D eigenvalue weighted by Crippen LogP contribution is 2.53. The van der Waals surface area contributed by atoms with Crippen molar-refractivity contribution in [2.75, 3.05) is 4.90 Å². The maximum atomic E-state index is 12.8. The lowest BCUT2D eigenvalue weighted by molar-refractivity contribution is -0.123. The number of anilines is 1. The van der Waals surface area contributed by atoms with Gasteiger partial charge in [-0.3, -0.25) is 14.5 Å². The molecule has 5 heteroatoms. The summed E-state index contributed by atoms with van der Waals surface area (Å²) in [6.07, 6.45) is 5.15. The lowest BCUT2D eigenvalue weighted by Gasteiger charge is -2.17. The van der Waals surface area contributed by atoms with E-state index in [-0.39, 0.29) is 35.5 Å². The number of amides is 2. The molecule has 1 aliphatic heterocycles. The van der Waals surface area contributed by atoms with E-state index in [1.54, 1.807) is 24.3 Å². The first-order chi connectivity index (χ1) is 13.1. The summed E-state index contributed by atoms with van der Waals surface area (Å²) < 4.78 is 5.78. The number of hydrogen-bond acceptors (Lipinski definition) is 3. The fraction of sp³-hybridized carbons (Fsp3) is 0.273. The molecule has 2 aromatic carbocycles. The Labute approximate surface area is 162 Å². The van der Waals surface area contributed by atoms with Gasteiger partial charge < -0.3 is 4.74 Å². The van der Waals surface area contributed by atoms with E-state index in [1.807, 2.05) is 24.3 Å². The van der Waals surface area contributed by atoms with E-state index in [0.29, 0.717) is 23.1 Å². The van der Waals surface area contributed by atoms with Gasteiger partial charge in [0.05, 0.1) is 17.5 Å². The Morgan fingerprint density at radius 2 is 1.56 bits per heavy atom. The molecule has 1 saturated heterocycles. The Balaban J connectivity index is 1.32. The second-order valence-electron chi connectivity index (χ2n) is 7.39. The van der Waals surface area contributed by atoms with Crippen LogP contribution in [0.4, 0.5) is 5.69 Å². The Hall–Kier alpha value is -2.59. The highest BCUT2D eigenvalue weighted by molar-refractivity contribution is 6.31. The maximum Gasteiger partial charge on any atom is 0.238 e. The van der Waals surface area contributed by atoms with Gasteiger partial charge in [-0.15, -0.1) is 0 Å². The number of allylic oxidation sites excluding steroid dienone is 2. The van der Waals surface area contributed by atoms with Gasteiger partial charge in [-0.05, 0) is 48.6 Å². The third-order valence-electron chi connectivity index (χ3n) is 5.92.